The number of nitrogens with zero attached hydrogens (tertiary/aromatic N) is 1. The third kappa shape index (κ3) is 3.66. The highest BCUT2D eigenvalue weighted by molar-refractivity contribution is 7.89. The molecule has 0 saturated carbocycles. The van der Waals surface area contributed by atoms with E-state index in [-0.39, 0.29) is 16.8 Å². The SMILES string of the molecule is CCNS(=O)(=O)c1cccc(C(=O)N(C)[C@H]2CCCc3ccccc32)c1. The number of nitrogens with one attached hydrogen (secondary N) is 1. The number of hydrogen-bond acceptors (Lipinski definition) is 3. The van der Waals surface area contributed by atoms with E-state index in [1.807, 2.05) is 12.1 Å². The van der Waals surface area contributed by atoms with Crippen LogP contribution < -0.4 is 4.72 Å². The van der Waals surface area contributed by atoms with E-state index in [1.54, 1.807) is 31.0 Å². The second-order valence-corrected chi connectivity index (χ2v) is 8.32. The van der Waals surface area contributed by atoms with E-state index in [0.29, 0.717) is 12.1 Å². The number of hydrogen-bond donors (Lipinski definition) is 1. The molecule has 6 heteroatoms. The molecular weight excluding hydrogens is 348 g/mol. The number of carbonyl (C=O) groups is 1. The minimum Gasteiger partial charge on any atom is -0.335 e. The van der Waals surface area contributed by atoms with Crippen LogP contribution >= 0.6 is 0 Å². The lowest BCUT2D eigenvalue weighted by molar-refractivity contribution is 0.0715. The van der Waals surface area contributed by atoms with Gasteiger partial charge < -0.3 is 4.90 Å². The van der Waals surface area contributed by atoms with Crippen molar-refractivity contribution in [2.45, 2.75) is 37.1 Å². The molecule has 0 heterocycles. The normalized spacial score (nSPS) is 16.8. The van der Waals surface area contributed by atoms with Gasteiger partial charge in [0.1, 0.15) is 0 Å². The van der Waals surface area contributed by atoms with Crippen LogP contribution in [0.3, 0.4) is 0 Å². The number of benzene rings is 2. The summed E-state index contributed by atoms with van der Waals surface area (Å²) in [6, 6.07) is 14.5. The van der Waals surface area contributed by atoms with Crippen LogP contribution in [0.25, 0.3) is 0 Å². The summed E-state index contributed by atoms with van der Waals surface area (Å²) >= 11 is 0. The van der Waals surface area contributed by atoms with E-state index in [0.717, 1.165) is 19.3 Å². The maximum absolute atomic E-state index is 13.0. The van der Waals surface area contributed by atoms with Gasteiger partial charge in [-0.3, -0.25) is 4.79 Å². The number of rotatable bonds is 5. The van der Waals surface area contributed by atoms with Crippen LogP contribution in [-0.2, 0) is 16.4 Å². The van der Waals surface area contributed by atoms with Gasteiger partial charge in [0, 0.05) is 19.2 Å². The summed E-state index contributed by atoms with van der Waals surface area (Å²) in [6.45, 7) is 2.03. The second kappa shape index (κ2) is 7.60. The zero-order valence-electron chi connectivity index (χ0n) is 15.1. The quantitative estimate of drug-likeness (QED) is 0.877. The Bertz CT molecular complexity index is 909. The van der Waals surface area contributed by atoms with Crippen molar-refractivity contribution in [3.05, 3.63) is 65.2 Å². The molecule has 0 unspecified atom stereocenters. The van der Waals surface area contributed by atoms with Crippen LogP contribution in [0.1, 0.15) is 47.3 Å². The molecule has 0 bridgehead atoms. The minimum absolute atomic E-state index is 0.0153. The number of fused-ring (bicyclic) bond motifs is 1. The lowest BCUT2D eigenvalue weighted by Gasteiger charge is -2.33. The fraction of sp³-hybridized carbons (Fsp3) is 0.350. The number of carbonyl (C=O) groups excluding carboxylic acids is 1. The molecule has 1 aliphatic rings. The van der Waals surface area contributed by atoms with Crippen LogP contribution in [-0.4, -0.2) is 32.8 Å². The molecule has 138 valence electrons. The molecule has 5 nitrogen and oxygen atoms in total. The number of sulfonamides is 1. The third-order valence-electron chi connectivity index (χ3n) is 4.85. The Balaban J connectivity index is 1.89. The van der Waals surface area contributed by atoms with Gasteiger partial charge in [0.15, 0.2) is 0 Å². The Morgan fingerprint density at radius 2 is 1.96 bits per heavy atom. The van der Waals surface area contributed by atoms with E-state index in [4.69, 9.17) is 0 Å². The number of aryl methyl sites for hydroxylation is 1. The smallest absolute Gasteiger partial charge is 0.254 e. The van der Waals surface area contributed by atoms with Crippen molar-refractivity contribution < 1.29 is 13.2 Å². The van der Waals surface area contributed by atoms with E-state index < -0.39 is 10.0 Å². The standard InChI is InChI=1S/C20H24N2O3S/c1-3-21-26(24,25)17-11-6-10-16(14-17)20(23)22(2)19-13-7-9-15-8-4-5-12-18(15)19/h4-6,8,10-12,14,19,21H,3,7,9,13H2,1-2H3/t19-/m0/s1. The number of amides is 1. The van der Waals surface area contributed by atoms with Crippen molar-refractivity contribution in [3.8, 4) is 0 Å². The predicted octanol–water partition coefficient (Wildman–Crippen LogP) is 3.13. The van der Waals surface area contributed by atoms with Crippen molar-refractivity contribution in [1.82, 2.24) is 9.62 Å². The van der Waals surface area contributed by atoms with Crippen LogP contribution in [0.4, 0.5) is 0 Å². The Morgan fingerprint density at radius 3 is 2.73 bits per heavy atom. The summed E-state index contributed by atoms with van der Waals surface area (Å²) in [6.07, 6.45) is 2.98. The fourth-order valence-electron chi connectivity index (χ4n) is 3.55. The highest BCUT2D eigenvalue weighted by Gasteiger charge is 2.27. The molecule has 2 aromatic carbocycles. The minimum atomic E-state index is -3.59. The van der Waals surface area contributed by atoms with Crippen molar-refractivity contribution in [2.75, 3.05) is 13.6 Å². The molecule has 0 aliphatic heterocycles. The Labute approximate surface area is 155 Å². The van der Waals surface area contributed by atoms with Crippen molar-refractivity contribution in [3.63, 3.8) is 0 Å². The third-order valence-corrected chi connectivity index (χ3v) is 6.39. The van der Waals surface area contributed by atoms with Gasteiger partial charge in [0.25, 0.3) is 5.91 Å². The largest absolute Gasteiger partial charge is 0.335 e. The lowest BCUT2D eigenvalue weighted by Crippen LogP contribution is -2.33. The lowest BCUT2D eigenvalue weighted by atomic mass is 9.87. The second-order valence-electron chi connectivity index (χ2n) is 6.55. The predicted molar refractivity (Wildman–Crippen MR) is 102 cm³/mol. The Morgan fingerprint density at radius 1 is 1.19 bits per heavy atom. The molecule has 26 heavy (non-hydrogen) atoms. The molecule has 1 N–H and O–H groups in total. The summed E-state index contributed by atoms with van der Waals surface area (Å²) in [5, 5.41) is 0. The highest BCUT2D eigenvalue weighted by Crippen LogP contribution is 2.34. The first-order valence-corrected chi connectivity index (χ1v) is 10.4. The molecular formula is C20H24N2O3S. The van der Waals surface area contributed by atoms with E-state index in [9.17, 15) is 13.2 Å². The summed E-state index contributed by atoms with van der Waals surface area (Å²) in [5.41, 5.74) is 2.85. The molecule has 0 aromatic heterocycles. The maximum atomic E-state index is 13.0. The summed E-state index contributed by atoms with van der Waals surface area (Å²) in [7, 11) is -1.79. The highest BCUT2D eigenvalue weighted by atomic mass is 32.2. The van der Waals surface area contributed by atoms with Crippen LogP contribution in [0.2, 0.25) is 0 Å². The van der Waals surface area contributed by atoms with Gasteiger partial charge in [-0.25, -0.2) is 13.1 Å². The molecule has 3 rings (SSSR count). The van der Waals surface area contributed by atoms with Gasteiger partial charge in [-0.2, -0.15) is 0 Å². The average molecular weight is 372 g/mol. The average Bonchev–Trinajstić information content (AvgIpc) is 2.66. The molecule has 1 atom stereocenters. The van der Waals surface area contributed by atoms with Crippen LogP contribution in [0, 0.1) is 0 Å². The Kier molecular flexibility index (Phi) is 5.44. The molecule has 2 aromatic rings. The first-order valence-electron chi connectivity index (χ1n) is 8.88. The molecule has 1 amide bonds. The van der Waals surface area contributed by atoms with Gasteiger partial charge in [-0.1, -0.05) is 37.3 Å². The summed E-state index contributed by atoms with van der Waals surface area (Å²) in [4.78, 5) is 14.8. The first-order chi connectivity index (χ1) is 12.4. The van der Waals surface area contributed by atoms with Gasteiger partial charge >= 0.3 is 0 Å². The van der Waals surface area contributed by atoms with Crippen LogP contribution in [0.5, 0.6) is 0 Å². The van der Waals surface area contributed by atoms with Gasteiger partial charge in [0.05, 0.1) is 10.9 Å². The van der Waals surface area contributed by atoms with Gasteiger partial charge in [-0.15, -0.1) is 0 Å². The zero-order chi connectivity index (χ0) is 18.7. The van der Waals surface area contributed by atoms with Crippen molar-refractivity contribution in [1.29, 1.82) is 0 Å². The molecule has 0 radical (unpaired) electrons. The molecule has 0 saturated heterocycles. The van der Waals surface area contributed by atoms with Crippen molar-refractivity contribution in [2.24, 2.45) is 0 Å². The van der Waals surface area contributed by atoms with E-state index in [1.165, 1.54) is 23.3 Å². The monoisotopic (exact) mass is 372 g/mol. The molecule has 0 spiro atoms. The maximum Gasteiger partial charge on any atom is 0.254 e. The molecule has 1 aliphatic carbocycles. The van der Waals surface area contributed by atoms with E-state index >= 15 is 0 Å². The first kappa shape index (κ1) is 18.6. The van der Waals surface area contributed by atoms with Crippen LogP contribution in [0.15, 0.2) is 53.4 Å². The summed E-state index contributed by atoms with van der Waals surface area (Å²) in [5.74, 6) is -0.166. The van der Waals surface area contributed by atoms with E-state index in [2.05, 4.69) is 16.9 Å². The molecule has 0 fully saturated rings. The summed E-state index contributed by atoms with van der Waals surface area (Å²) < 4.78 is 26.9. The Hall–Kier alpha value is -2.18. The topological polar surface area (TPSA) is 66.5 Å². The zero-order valence-corrected chi connectivity index (χ0v) is 15.9. The van der Waals surface area contributed by atoms with Crippen molar-refractivity contribution >= 4 is 15.9 Å². The van der Waals surface area contributed by atoms with Gasteiger partial charge in [0.2, 0.25) is 10.0 Å². The fourth-order valence-corrected chi connectivity index (χ4v) is 4.63. The van der Waals surface area contributed by atoms with Gasteiger partial charge in [-0.05, 0) is 48.6 Å².